The molecule has 0 fully saturated rings. The molecule has 0 saturated heterocycles. The van der Waals surface area contributed by atoms with E-state index in [0.29, 0.717) is 11.1 Å². The van der Waals surface area contributed by atoms with Gasteiger partial charge in [-0.2, -0.15) is 5.26 Å². The van der Waals surface area contributed by atoms with Crippen molar-refractivity contribution in [2.45, 2.75) is 11.8 Å². The predicted octanol–water partition coefficient (Wildman–Crippen LogP) is 1.21. The van der Waals surface area contributed by atoms with E-state index in [2.05, 4.69) is 6.07 Å². The van der Waals surface area contributed by atoms with E-state index in [9.17, 15) is 9.59 Å². The van der Waals surface area contributed by atoms with Crippen molar-refractivity contribution in [1.29, 1.82) is 5.26 Å². The summed E-state index contributed by atoms with van der Waals surface area (Å²) in [6, 6.07) is 7.67. The van der Waals surface area contributed by atoms with Crippen molar-refractivity contribution in [2.24, 2.45) is 14.1 Å². The second kappa shape index (κ2) is 4.08. The molecule has 0 amide bonds. The zero-order valence-electron chi connectivity index (χ0n) is 12.2. The average molecular weight is 291 g/mol. The van der Waals surface area contributed by atoms with Gasteiger partial charge in [0.25, 0.3) is 5.56 Å². The average Bonchev–Trinajstić information content (AvgIpc) is 2.51. The highest BCUT2D eigenvalue weighted by Gasteiger charge is 2.44. The molecule has 2 aromatic rings. The normalized spacial score (nSPS) is 20.4. The highest BCUT2D eigenvalue weighted by Crippen LogP contribution is 2.52. The third-order valence-corrected chi connectivity index (χ3v) is 4.77. The van der Waals surface area contributed by atoms with Gasteiger partial charge in [-0.1, -0.05) is 18.2 Å². The lowest BCUT2D eigenvalue weighted by atomic mass is 9.64. The highest BCUT2D eigenvalue weighted by molar-refractivity contribution is 5.68. The quantitative estimate of drug-likeness (QED) is 0.732. The SMILES string of the molecule is Cn1c2c(c(=O)n(C)c1=O)C1c3ccc(C#N)cc3C=CC21. The van der Waals surface area contributed by atoms with Crippen LogP contribution in [0.4, 0.5) is 0 Å². The molecule has 5 nitrogen and oxygen atoms in total. The van der Waals surface area contributed by atoms with E-state index in [1.54, 1.807) is 17.7 Å². The van der Waals surface area contributed by atoms with Gasteiger partial charge in [-0.15, -0.1) is 0 Å². The molecule has 5 heteroatoms. The minimum absolute atomic E-state index is 0.0201. The van der Waals surface area contributed by atoms with E-state index in [0.717, 1.165) is 21.4 Å². The van der Waals surface area contributed by atoms with Crippen molar-refractivity contribution in [2.75, 3.05) is 0 Å². The summed E-state index contributed by atoms with van der Waals surface area (Å²) in [6.45, 7) is 0. The summed E-state index contributed by atoms with van der Waals surface area (Å²) in [7, 11) is 3.22. The lowest BCUT2D eigenvalue weighted by molar-refractivity contribution is 0.501. The van der Waals surface area contributed by atoms with Gasteiger partial charge < -0.3 is 0 Å². The van der Waals surface area contributed by atoms with Crippen LogP contribution in [0.25, 0.3) is 6.08 Å². The summed E-state index contributed by atoms with van der Waals surface area (Å²) in [5.41, 5.74) is 3.63. The molecule has 2 aliphatic carbocycles. The molecular weight excluding hydrogens is 278 g/mol. The molecule has 4 rings (SSSR count). The zero-order valence-corrected chi connectivity index (χ0v) is 12.2. The minimum Gasteiger partial charge on any atom is -0.300 e. The Kier molecular flexibility index (Phi) is 2.38. The van der Waals surface area contributed by atoms with E-state index in [1.807, 2.05) is 24.3 Å². The maximum absolute atomic E-state index is 12.5. The Morgan fingerprint density at radius 1 is 1.18 bits per heavy atom. The molecule has 0 aliphatic heterocycles. The topological polar surface area (TPSA) is 67.8 Å². The summed E-state index contributed by atoms with van der Waals surface area (Å²) in [5, 5.41) is 9.01. The van der Waals surface area contributed by atoms with Crippen LogP contribution in [0, 0.1) is 11.3 Å². The van der Waals surface area contributed by atoms with Gasteiger partial charge in [0.15, 0.2) is 0 Å². The Morgan fingerprint density at radius 3 is 2.68 bits per heavy atom. The number of aromatic nitrogens is 2. The van der Waals surface area contributed by atoms with E-state index in [-0.39, 0.29) is 23.1 Å². The first-order valence-electron chi connectivity index (χ1n) is 7.06. The molecule has 0 spiro atoms. The monoisotopic (exact) mass is 291 g/mol. The lowest BCUT2D eigenvalue weighted by Gasteiger charge is -2.41. The van der Waals surface area contributed by atoms with Crippen molar-refractivity contribution in [3.05, 3.63) is 73.1 Å². The molecule has 2 atom stereocenters. The Hall–Kier alpha value is -2.87. The van der Waals surface area contributed by atoms with Crippen LogP contribution >= 0.6 is 0 Å². The van der Waals surface area contributed by atoms with Crippen molar-refractivity contribution in [3.8, 4) is 6.07 Å². The van der Waals surface area contributed by atoms with Crippen LogP contribution in [0.5, 0.6) is 0 Å². The van der Waals surface area contributed by atoms with Crippen LogP contribution in [-0.2, 0) is 14.1 Å². The predicted molar refractivity (Wildman–Crippen MR) is 81.7 cm³/mol. The van der Waals surface area contributed by atoms with Gasteiger partial charge in [0.2, 0.25) is 0 Å². The Labute approximate surface area is 126 Å². The van der Waals surface area contributed by atoms with Crippen LogP contribution in [-0.4, -0.2) is 9.13 Å². The first-order chi connectivity index (χ1) is 10.5. The molecule has 22 heavy (non-hydrogen) atoms. The molecule has 0 saturated carbocycles. The van der Waals surface area contributed by atoms with Gasteiger partial charge in [0, 0.05) is 37.2 Å². The zero-order chi connectivity index (χ0) is 15.6. The van der Waals surface area contributed by atoms with Crippen LogP contribution in [0.3, 0.4) is 0 Å². The summed E-state index contributed by atoms with van der Waals surface area (Å²) in [6.07, 6.45) is 4.00. The summed E-state index contributed by atoms with van der Waals surface area (Å²) < 4.78 is 2.73. The minimum atomic E-state index is -0.291. The standard InChI is InChI=1S/C17H13N3O2/c1-19-15-12-6-4-10-7-9(8-18)3-5-11(10)13(12)14(15)16(21)20(2)17(19)22/h3-7,12-13H,1-2H3. The van der Waals surface area contributed by atoms with Gasteiger partial charge in [0.1, 0.15) is 0 Å². The molecule has 2 unspecified atom stereocenters. The number of hydrogen-bond donors (Lipinski definition) is 0. The van der Waals surface area contributed by atoms with Crippen LogP contribution < -0.4 is 11.2 Å². The molecular formula is C17H13N3O2. The molecule has 1 aromatic carbocycles. The third kappa shape index (κ3) is 1.37. The van der Waals surface area contributed by atoms with Gasteiger partial charge in [-0.25, -0.2) is 4.79 Å². The number of benzene rings is 1. The van der Waals surface area contributed by atoms with Crippen LogP contribution in [0.1, 0.15) is 39.8 Å². The van der Waals surface area contributed by atoms with Crippen molar-refractivity contribution >= 4 is 6.08 Å². The Balaban J connectivity index is 2.01. The fraction of sp³-hybridized carbons (Fsp3) is 0.235. The van der Waals surface area contributed by atoms with Gasteiger partial charge >= 0.3 is 5.69 Å². The van der Waals surface area contributed by atoms with E-state index >= 15 is 0 Å². The number of fused-ring (bicyclic) bond motifs is 6. The van der Waals surface area contributed by atoms with Crippen molar-refractivity contribution in [1.82, 2.24) is 9.13 Å². The number of rotatable bonds is 0. The fourth-order valence-corrected chi connectivity index (χ4v) is 3.65. The third-order valence-electron chi connectivity index (χ3n) is 4.77. The molecule has 1 heterocycles. The van der Waals surface area contributed by atoms with E-state index in [1.165, 1.54) is 7.05 Å². The van der Waals surface area contributed by atoms with Gasteiger partial charge in [-0.3, -0.25) is 13.9 Å². The molecule has 108 valence electrons. The van der Waals surface area contributed by atoms with Crippen LogP contribution in [0.15, 0.2) is 33.9 Å². The second-order valence-electron chi connectivity index (χ2n) is 5.82. The summed E-state index contributed by atoms with van der Waals surface area (Å²) in [4.78, 5) is 24.5. The van der Waals surface area contributed by atoms with Crippen molar-refractivity contribution < 1.29 is 0 Å². The Morgan fingerprint density at radius 2 is 1.95 bits per heavy atom. The maximum atomic E-state index is 12.5. The fourth-order valence-electron chi connectivity index (χ4n) is 3.65. The molecule has 1 aromatic heterocycles. The lowest BCUT2D eigenvalue weighted by Crippen LogP contribution is -2.48. The first kappa shape index (κ1) is 12.8. The maximum Gasteiger partial charge on any atom is 0.330 e. The summed E-state index contributed by atoms with van der Waals surface area (Å²) >= 11 is 0. The summed E-state index contributed by atoms with van der Waals surface area (Å²) in [5.74, 6) is 0.0373. The molecule has 0 bridgehead atoms. The van der Waals surface area contributed by atoms with Gasteiger partial charge in [0.05, 0.1) is 11.6 Å². The highest BCUT2D eigenvalue weighted by atomic mass is 16.2. The number of allylic oxidation sites excluding steroid dienone is 1. The van der Waals surface area contributed by atoms with Crippen molar-refractivity contribution in [3.63, 3.8) is 0 Å². The molecule has 2 aliphatic rings. The smallest absolute Gasteiger partial charge is 0.300 e. The molecule has 0 N–H and O–H groups in total. The first-order valence-corrected chi connectivity index (χ1v) is 7.06. The number of nitrogens with zero attached hydrogens (tertiary/aromatic N) is 3. The van der Waals surface area contributed by atoms with E-state index < -0.39 is 0 Å². The largest absolute Gasteiger partial charge is 0.330 e. The van der Waals surface area contributed by atoms with E-state index in [4.69, 9.17) is 5.26 Å². The second-order valence-corrected chi connectivity index (χ2v) is 5.82. The number of nitriles is 1. The van der Waals surface area contributed by atoms with Crippen LogP contribution in [0.2, 0.25) is 0 Å². The number of hydrogen-bond acceptors (Lipinski definition) is 3. The molecule has 0 radical (unpaired) electrons. The Bertz CT molecular complexity index is 1020. The van der Waals surface area contributed by atoms with Gasteiger partial charge in [-0.05, 0) is 23.3 Å².